The van der Waals surface area contributed by atoms with E-state index >= 15 is 0 Å². The molecule has 0 amide bonds. The van der Waals surface area contributed by atoms with Gasteiger partial charge in [-0.2, -0.15) is 0 Å². The second kappa shape index (κ2) is 4.96. The summed E-state index contributed by atoms with van der Waals surface area (Å²) in [4.78, 5) is 10.7. The van der Waals surface area contributed by atoms with Crippen molar-refractivity contribution in [3.8, 4) is 5.75 Å². The number of carboxylic acid groups (broad SMARTS) is 1. The molecule has 1 aliphatic carbocycles. The molecule has 2 N–H and O–H groups in total. The third-order valence-electron chi connectivity index (χ3n) is 2.96. The van der Waals surface area contributed by atoms with Crippen molar-refractivity contribution in [2.75, 3.05) is 19.0 Å². The molecule has 0 spiro atoms. The maximum atomic E-state index is 10.7. The average Bonchev–Trinajstić information content (AvgIpc) is 3.06. The van der Waals surface area contributed by atoms with Crippen molar-refractivity contribution in [1.82, 2.24) is 0 Å². The normalized spacial score (nSPS) is 22.0. The Morgan fingerprint density at radius 3 is 2.94 bits per heavy atom. The number of nitrogens with one attached hydrogen (secondary N) is 1. The molecule has 92 valence electrons. The third kappa shape index (κ3) is 2.91. The van der Waals surface area contributed by atoms with Gasteiger partial charge in [0.05, 0.1) is 17.5 Å². The molecule has 2 unspecified atom stereocenters. The van der Waals surface area contributed by atoms with Crippen LogP contribution in [0.4, 0.5) is 5.69 Å². The van der Waals surface area contributed by atoms with Crippen molar-refractivity contribution in [2.24, 2.45) is 11.8 Å². The summed E-state index contributed by atoms with van der Waals surface area (Å²) in [6.07, 6.45) is 0.777. The minimum absolute atomic E-state index is 0.163. The van der Waals surface area contributed by atoms with Gasteiger partial charge in [0, 0.05) is 12.2 Å². The van der Waals surface area contributed by atoms with Crippen LogP contribution in [0.15, 0.2) is 22.7 Å². The number of carbonyl (C=O) groups is 1. The lowest BCUT2D eigenvalue weighted by Gasteiger charge is -2.08. The molecule has 1 saturated carbocycles. The first-order valence-electron chi connectivity index (χ1n) is 5.42. The number of benzene rings is 1. The summed E-state index contributed by atoms with van der Waals surface area (Å²) in [7, 11) is 1.62. The van der Waals surface area contributed by atoms with Crippen LogP contribution >= 0.6 is 15.9 Å². The lowest BCUT2D eigenvalue weighted by atomic mass is 10.2. The fourth-order valence-electron chi connectivity index (χ4n) is 1.80. The highest BCUT2D eigenvalue weighted by Gasteiger charge is 2.42. The number of hydrogen-bond acceptors (Lipinski definition) is 3. The molecule has 2 atom stereocenters. The van der Waals surface area contributed by atoms with Crippen molar-refractivity contribution in [2.45, 2.75) is 6.42 Å². The molecule has 0 radical (unpaired) electrons. The van der Waals surface area contributed by atoms with Gasteiger partial charge in [0.1, 0.15) is 5.75 Å². The van der Waals surface area contributed by atoms with Gasteiger partial charge in [-0.15, -0.1) is 0 Å². The largest absolute Gasteiger partial charge is 0.496 e. The Morgan fingerprint density at radius 1 is 1.65 bits per heavy atom. The summed E-state index contributed by atoms with van der Waals surface area (Å²) in [6.45, 7) is 0.704. The quantitative estimate of drug-likeness (QED) is 0.877. The number of aliphatic carboxylic acids is 1. The van der Waals surface area contributed by atoms with E-state index in [-0.39, 0.29) is 11.8 Å². The second-order valence-electron chi connectivity index (χ2n) is 4.17. The highest BCUT2D eigenvalue weighted by Crippen LogP contribution is 2.38. The highest BCUT2D eigenvalue weighted by atomic mass is 79.9. The highest BCUT2D eigenvalue weighted by molar-refractivity contribution is 9.10. The van der Waals surface area contributed by atoms with Crippen molar-refractivity contribution < 1.29 is 14.6 Å². The summed E-state index contributed by atoms with van der Waals surface area (Å²) >= 11 is 3.41. The van der Waals surface area contributed by atoms with Crippen LogP contribution in [-0.2, 0) is 4.79 Å². The molecular formula is C12H14BrNO3. The number of anilines is 1. The van der Waals surface area contributed by atoms with Gasteiger partial charge in [-0.05, 0) is 46.5 Å². The monoisotopic (exact) mass is 299 g/mol. The van der Waals surface area contributed by atoms with E-state index in [2.05, 4.69) is 21.2 Å². The van der Waals surface area contributed by atoms with Crippen LogP contribution in [0.5, 0.6) is 5.75 Å². The summed E-state index contributed by atoms with van der Waals surface area (Å²) in [5, 5.41) is 12.0. The van der Waals surface area contributed by atoms with E-state index in [1.54, 1.807) is 7.11 Å². The average molecular weight is 300 g/mol. The summed E-state index contributed by atoms with van der Waals surface area (Å²) < 4.78 is 6.02. The van der Waals surface area contributed by atoms with Crippen molar-refractivity contribution >= 4 is 27.6 Å². The molecule has 1 fully saturated rings. The first-order chi connectivity index (χ1) is 8.11. The molecule has 1 aliphatic rings. The molecule has 0 saturated heterocycles. The first kappa shape index (κ1) is 12.2. The van der Waals surface area contributed by atoms with Gasteiger partial charge >= 0.3 is 5.97 Å². The molecule has 5 heteroatoms. The van der Waals surface area contributed by atoms with Gasteiger partial charge in [-0.25, -0.2) is 0 Å². The maximum absolute atomic E-state index is 10.7. The van der Waals surface area contributed by atoms with E-state index in [4.69, 9.17) is 9.84 Å². The zero-order valence-corrected chi connectivity index (χ0v) is 11.0. The van der Waals surface area contributed by atoms with E-state index < -0.39 is 5.97 Å². The fraction of sp³-hybridized carbons (Fsp3) is 0.417. The minimum atomic E-state index is -0.687. The van der Waals surface area contributed by atoms with Crippen LogP contribution in [0.25, 0.3) is 0 Å². The lowest BCUT2D eigenvalue weighted by molar-refractivity contribution is -0.138. The van der Waals surface area contributed by atoms with E-state index in [1.165, 1.54) is 0 Å². The van der Waals surface area contributed by atoms with Gasteiger partial charge in [0.2, 0.25) is 0 Å². The van der Waals surface area contributed by atoms with Gasteiger partial charge in [-0.3, -0.25) is 4.79 Å². The predicted molar refractivity (Wildman–Crippen MR) is 68.4 cm³/mol. The smallest absolute Gasteiger partial charge is 0.306 e. The lowest BCUT2D eigenvalue weighted by Crippen LogP contribution is -2.08. The second-order valence-corrected chi connectivity index (χ2v) is 5.03. The molecule has 17 heavy (non-hydrogen) atoms. The van der Waals surface area contributed by atoms with Gasteiger partial charge < -0.3 is 15.2 Å². The summed E-state index contributed by atoms with van der Waals surface area (Å²) in [6, 6.07) is 5.72. The van der Waals surface area contributed by atoms with Crippen LogP contribution < -0.4 is 10.1 Å². The Balaban J connectivity index is 1.88. The minimum Gasteiger partial charge on any atom is -0.496 e. The van der Waals surface area contributed by atoms with Crippen LogP contribution in [-0.4, -0.2) is 24.7 Å². The number of rotatable bonds is 5. The van der Waals surface area contributed by atoms with Crippen LogP contribution in [0.1, 0.15) is 6.42 Å². The van der Waals surface area contributed by atoms with E-state index in [0.717, 1.165) is 22.3 Å². The molecular weight excluding hydrogens is 286 g/mol. The zero-order valence-electron chi connectivity index (χ0n) is 9.44. The Morgan fingerprint density at radius 2 is 2.41 bits per heavy atom. The van der Waals surface area contributed by atoms with Crippen molar-refractivity contribution in [3.05, 3.63) is 22.7 Å². The number of halogens is 1. The molecule has 0 aromatic heterocycles. The Kier molecular flexibility index (Phi) is 3.57. The van der Waals surface area contributed by atoms with Gasteiger partial charge in [0.25, 0.3) is 0 Å². The van der Waals surface area contributed by atoms with E-state index in [0.29, 0.717) is 6.54 Å². The molecule has 1 aromatic carbocycles. The van der Waals surface area contributed by atoms with Crippen LogP contribution in [0.3, 0.4) is 0 Å². The standard InChI is InChI=1S/C12H14BrNO3/c1-17-11-3-2-8(5-10(11)13)14-6-7-4-9(7)12(15)16/h2-3,5,7,9,14H,4,6H2,1H3,(H,15,16). The van der Waals surface area contributed by atoms with E-state index in [9.17, 15) is 4.79 Å². The molecule has 2 rings (SSSR count). The number of methoxy groups -OCH3 is 1. The first-order valence-corrected chi connectivity index (χ1v) is 6.21. The van der Waals surface area contributed by atoms with Crippen molar-refractivity contribution in [1.29, 1.82) is 0 Å². The number of carboxylic acids is 1. The summed E-state index contributed by atoms with van der Waals surface area (Å²) in [5.41, 5.74) is 0.966. The van der Waals surface area contributed by atoms with Gasteiger partial charge in [-0.1, -0.05) is 0 Å². The molecule has 0 bridgehead atoms. The number of ether oxygens (including phenoxy) is 1. The maximum Gasteiger partial charge on any atom is 0.306 e. The fourth-order valence-corrected chi connectivity index (χ4v) is 2.34. The number of hydrogen-bond donors (Lipinski definition) is 2. The molecule has 0 aliphatic heterocycles. The predicted octanol–water partition coefficient (Wildman–Crippen LogP) is 2.59. The Labute approximate surface area is 108 Å². The van der Waals surface area contributed by atoms with E-state index in [1.807, 2.05) is 18.2 Å². The Hall–Kier alpha value is -1.23. The van der Waals surface area contributed by atoms with Gasteiger partial charge in [0.15, 0.2) is 0 Å². The topological polar surface area (TPSA) is 58.6 Å². The van der Waals surface area contributed by atoms with Crippen molar-refractivity contribution in [3.63, 3.8) is 0 Å². The summed E-state index contributed by atoms with van der Waals surface area (Å²) in [5.74, 6) is 0.190. The molecule has 0 heterocycles. The van der Waals surface area contributed by atoms with Crippen LogP contribution in [0.2, 0.25) is 0 Å². The third-order valence-corrected chi connectivity index (χ3v) is 3.58. The zero-order chi connectivity index (χ0) is 12.4. The molecule has 1 aromatic rings. The molecule has 4 nitrogen and oxygen atoms in total. The SMILES string of the molecule is COc1ccc(NCC2CC2C(=O)O)cc1Br. The van der Waals surface area contributed by atoms with Crippen LogP contribution in [0, 0.1) is 11.8 Å². The Bertz CT molecular complexity index is 436.